The Balaban J connectivity index is 2.19. The second kappa shape index (κ2) is 9.73. The number of nitrogens with one attached hydrogen (secondary N) is 2. The number of ether oxygens (including phenoxy) is 1. The van der Waals surface area contributed by atoms with Gasteiger partial charge in [0.1, 0.15) is 0 Å². The highest BCUT2D eigenvalue weighted by Gasteiger charge is 2.15. The SMILES string of the molecule is CCc1ccc(C(=O)Nc2ccc(N(C)C)c(C(=O)NCCOC)c2)cc1. The fourth-order valence-corrected chi connectivity index (χ4v) is 2.64. The molecule has 0 aliphatic rings. The van der Waals surface area contributed by atoms with Gasteiger partial charge in [-0.15, -0.1) is 0 Å². The summed E-state index contributed by atoms with van der Waals surface area (Å²) in [6, 6.07) is 12.8. The molecule has 6 nitrogen and oxygen atoms in total. The van der Waals surface area contributed by atoms with Gasteiger partial charge >= 0.3 is 0 Å². The van der Waals surface area contributed by atoms with Crippen molar-refractivity contribution in [1.82, 2.24) is 5.32 Å². The zero-order chi connectivity index (χ0) is 19.8. The van der Waals surface area contributed by atoms with Crippen molar-refractivity contribution in [3.05, 3.63) is 59.2 Å². The predicted molar refractivity (Wildman–Crippen MR) is 109 cm³/mol. The van der Waals surface area contributed by atoms with E-state index in [-0.39, 0.29) is 11.8 Å². The van der Waals surface area contributed by atoms with Gasteiger partial charge in [-0.05, 0) is 42.3 Å². The van der Waals surface area contributed by atoms with E-state index in [1.807, 2.05) is 37.2 Å². The van der Waals surface area contributed by atoms with Crippen LogP contribution in [-0.2, 0) is 11.2 Å². The molecule has 144 valence electrons. The number of aryl methyl sites for hydroxylation is 1. The van der Waals surface area contributed by atoms with Crippen molar-refractivity contribution in [3.8, 4) is 0 Å². The maximum absolute atomic E-state index is 12.5. The van der Waals surface area contributed by atoms with Crippen molar-refractivity contribution >= 4 is 23.2 Å². The summed E-state index contributed by atoms with van der Waals surface area (Å²) in [6.07, 6.45) is 0.926. The van der Waals surface area contributed by atoms with E-state index in [2.05, 4.69) is 17.6 Å². The molecule has 0 aromatic heterocycles. The van der Waals surface area contributed by atoms with Crippen LogP contribution in [0.25, 0.3) is 0 Å². The molecule has 0 aliphatic carbocycles. The van der Waals surface area contributed by atoms with Crippen molar-refractivity contribution in [2.75, 3.05) is 44.6 Å². The molecule has 2 rings (SSSR count). The lowest BCUT2D eigenvalue weighted by Gasteiger charge is -2.18. The van der Waals surface area contributed by atoms with Crippen LogP contribution in [0, 0.1) is 0 Å². The number of anilines is 2. The zero-order valence-electron chi connectivity index (χ0n) is 16.3. The van der Waals surface area contributed by atoms with Crippen molar-refractivity contribution in [3.63, 3.8) is 0 Å². The first kappa shape index (κ1) is 20.5. The molecule has 0 radical (unpaired) electrons. The lowest BCUT2D eigenvalue weighted by Crippen LogP contribution is -2.28. The minimum absolute atomic E-state index is 0.207. The normalized spacial score (nSPS) is 10.4. The predicted octanol–water partition coefficient (Wildman–Crippen LogP) is 2.94. The maximum atomic E-state index is 12.5. The molecule has 0 unspecified atom stereocenters. The number of carbonyl (C=O) groups is 2. The lowest BCUT2D eigenvalue weighted by atomic mass is 10.1. The van der Waals surface area contributed by atoms with Crippen LogP contribution in [0.2, 0.25) is 0 Å². The van der Waals surface area contributed by atoms with Gasteiger partial charge in [0, 0.05) is 44.7 Å². The van der Waals surface area contributed by atoms with Crippen molar-refractivity contribution in [2.24, 2.45) is 0 Å². The van der Waals surface area contributed by atoms with E-state index in [0.29, 0.717) is 30.0 Å². The van der Waals surface area contributed by atoms with Crippen LogP contribution in [0.15, 0.2) is 42.5 Å². The zero-order valence-corrected chi connectivity index (χ0v) is 16.3. The van der Waals surface area contributed by atoms with Gasteiger partial charge in [-0.2, -0.15) is 0 Å². The van der Waals surface area contributed by atoms with E-state index in [9.17, 15) is 9.59 Å². The smallest absolute Gasteiger partial charge is 0.255 e. The van der Waals surface area contributed by atoms with Gasteiger partial charge in [-0.25, -0.2) is 0 Å². The van der Waals surface area contributed by atoms with Crippen LogP contribution in [0.4, 0.5) is 11.4 Å². The Bertz CT molecular complexity index is 786. The van der Waals surface area contributed by atoms with E-state index in [1.165, 1.54) is 5.56 Å². The highest BCUT2D eigenvalue weighted by Crippen LogP contribution is 2.23. The van der Waals surface area contributed by atoms with Crippen molar-refractivity contribution in [1.29, 1.82) is 0 Å². The Morgan fingerprint density at radius 3 is 2.33 bits per heavy atom. The summed E-state index contributed by atoms with van der Waals surface area (Å²) in [5.74, 6) is -0.417. The molecular weight excluding hydrogens is 342 g/mol. The standard InChI is InChI=1S/C21H27N3O3/c1-5-15-6-8-16(9-7-15)20(25)23-17-10-11-19(24(2)3)18(14-17)21(26)22-12-13-27-4/h6-11,14H,5,12-13H2,1-4H3,(H,22,26)(H,23,25). The number of hydrogen-bond donors (Lipinski definition) is 2. The Morgan fingerprint density at radius 2 is 1.74 bits per heavy atom. The van der Waals surface area contributed by atoms with E-state index in [4.69, 9.17) is 4.74 Å². The molecule has 0 atom stereocenters. The Labute approximate surface area is 160 Å². The third kappa shape index (κ3) is 5.56. The molecule has 6 heteroatoms. The van der Waals surface area contributed by atoms with Crippen LogP contribution in [0.1, 0.15) is 33.2 Å². The summed E-state index contributed by atoms with van der Waals surface area (Å²) in [5.41, 5.74) is 3.60. The number of nitrogens with zero attached hydrogens (tertiary/aromatic N) is 1. The second-order valence-electron chi connectivity index (χ2n) is 6.38. The van der Waals surface area contributed by atoms with Crippen LogP contribution >= 0.6 is 0 Å². The first-order chi connectivity index (χ1) is 13.0. The van der Waals surface area contributed by atoms with E-state index < -0.39 is 0 Å². The quantitative estimate of drug-likeness (QED) is 0.702. The average Bonchev–Trinajstić information content (AvgIpc) is 2.67. The Kier molecular flexibility index (Phi) is 7.37. The summed E-state index contributed by atoms with van der Waals surface area (Å²) in [6.45, 7) is 2.93. The molecule has 0 fully saturated rings. The van der Waals surface area contributed by atoms with Crippen LogP contribution in [0.5, 0.6) is 0 Å². The topological polar surface area (TPSA) is 70.7 Å². The van der Waals surface area contributed by atoms with Crippen LogP contribution < -0.4 is 15.5 Å². The number of rotatable bonds is 8. The summed E-state index contributed by atoms with van der Waals surface area (Å²) in [5, 5.41) is 5.68. The van der Waals surface area contributed by atoms with Gasteiger partial charge in [0.05, 0.1) is 12.2 Å². The third-order valence-electron chi connectivity index (χ3n) is 4.20. The second-order valence-corrected chi connectivity index (χ2v) is 6.38. The molecule has 27 heavy (non-hydrogen) atoms. The average molecular weight is 369 g/mol. The first-order valence-corrected chi connectivity index (χ1v) is 8.95. The Morgan fingerprint density at radius 1 is 1.04 bits per heavy atom. The lowest BCUT2D eigenvalue weighted by molar-refractivity contribution is 0.0936. The molecular formula is C21H27N3O3. The molecule has 0 heterocycles. The van der Waals surface area contributed by atoms with Gasteiger partial charge in [-0.1, -0.05) is 19.1 Å². The van der Waals surface area contributed by atoms with Gasteiger partial charge in [-0.3, -0.25) is 9.59 Å². The molecule has 0 bridgehead atoms. The van der Waals surface area contributed by atoms with Crippen molar-refractivity contribution in [2.45, 2.75) is 13.3 Å². The maximum Gasteiger partial charge on any atom is 0.255 e. The molecule has 0 spiro atoms. The molecule has 0 aliphatic heterocycles. The molecule has 2 aromatic rings. The van der Waals surface area contributed by atoms with Crippen LogP contribution in [0.3, 0.4) is 0 Å². The molecule has 0 saturated heterocycles. The summed E-state index contributed by atoms with van der Waals surface area (Å²) in [7, 11) is 5.32. The highest BCUT2D eigenvalue weighted by atomic mass is 16.5. The van der Waals surface area contributed by atoms with Gasteiger partial charge in [0.15, 0.2) is 0 Å². The van der Waals surface area contributed by atoms with E-state index in [1.54, 1.807) is 31.4 Å². The van der Waals surface area contributed by atoms with Gasteiger partial charge < -0.3 is 20.3 Å². The minimum atomic E-state index is -0.209. The molecule has 2 N–H and O–H groups in total. The fourth-order valence-electron chi connectivity index (χ4n) is 2.64. The van der Waals surface area contributed by atoms with Crippen LogP contribution in [-0.4, -0.2) is 46.2 Å². The van der Waals surface area contributed by atoms with Gasteiger partial charge in [0.2, 0.25) is 0 Å². The molecule has 2 amide bonds. The van der Waals surface area contributed by atoms with E-state index in [0.717, 1.165) is 12.1 Å². The molecule has 2 aromatic carbocycles. The Hall–Kier alpha value is -2.86. The fraction of sp³-hybridized carbons (Fsp3) is 0.333. The van der Waals surface area contributed by atoms with Gasteiger partial charge in [0.25, 0.3) is 11.8 Å². The number of hydrogen-bond acceptors (Lipinski definition) is 4. The van der Waals surface area contributed by atoms with E-state index >= 15 is 0 Å². The van der Waals surface area contributed by atoms with Crippen molar-refractivity contribution < 1.29 is 14.3 Å². The summed E-state index contributed by atoms with van der Waals surface area (Å²) < 4.78 is 4.97. The summed E-state index contributed by atoms with van der Waals surface area (Å²) in [4.78, 5) is 26.9. The summed E-state index contributed by atoms with van der Waals surface area (Å²) >= 11 is 0. The third-order valence-corrected chi connectivity index (χ3v) is 4.20. The first-order valence-electron chi connectivity index (χ1n) is 8.95. The number of carbonyl (C=O) groups excluding carboxylic acids is 2. The monoisotopic (exact) mass is 369 g/mol. The number of benzene rings is 2. The number of amides is 2. The molecule has 0 saturated carbocycles. The minimum Gasteiger partial charge on any atom is -0.383 e. The highest BCUT2D eigenvalue weighted by molar-refractivity contribution is 6.06. The number of methoxy groups -OCH3 is 1. The largest absolute Gasteiger partial charge is 0.383 e.